The third-order valence-electron chi connectivity index (χ3n) is 3.14. The van der Waals surface area contributed by atoms with Gasteiger partial charge in [0.1, 0.15) is 5.75 Å². The molecule has 0 aliphatic heterocycles. The van der Waals surface area contributed by atoms with Gasteiger partial charge in [0.2, 0.25) is 0 Å². The van der Waals surface area contributed by atoms with E-state index in [-0.39, 0.29) is 11.8 Å². The molecule has 4 N–H and O–H groups in total. The van der Waals surface area contributed by atoms with Gasteiger partial charge >= 0.3 is 0 Å². The first-order valence-electron chi connectivity index (χ1n) is 6.75. The number of phenols is 1. The Balaban J connectivity index is 2.01. The number of benzene rings is 2. The maximum absolute atomic E-state index is 9.40. The lowest BCUT2D eigenvalue weighted by atomic mass is 10.1. The average Bonchev–Trinajstić information content (AvgIpc) is 2.45. The van der Waals surface area contributed by atoms with Crippen LogP contribution in [0.5, 0.6) is 5.75 Å². The molecule has 0 fully saturated rings. The van der Waals surface area contributed by atoms with Gasteiger partial charge in [-0.25, -0.2) is 4.99 Å². The number of aliphatic imine (C=N–C) groups is 1. The first-order valence-corrected chi connectivity index (χ1v) is 7.50. The second-order valence-electron chi connectivity index (χ2n) is 4.90. The van der Waals surface area contributed by atoms with Gasteiger partial charge in [0.15, 0.2) is 5.96 Å². The quantitative estimate of drug-likeness (QED) is 0.585. The van der Waals surface area contributed by atoms with Gasteiger partial charge in [0.05, 0.1) is 12.6 Å². The highest BCUT2D eigenvalue weighted by Crippen LogP contribution is 2.25. The van der Waals surface area contributed by atoms with Crippen LogP contribution < -0.4 is 11.1 Å². The van der Waals surface area contributed by atoms with Crippen molar-refractivity contribution in [1.82, 2.24) is 5.32 Å². The third kappa shape index (κ3) is 4.55. The van der Waals surface area contributed by atoms with E-state index in [0.29, 0.717) is 22.5 Å². The number of phenolic OH excluding ortho intramolecular Hbond substituents is 1. The number of rotatable bonds is 4. The Hall–Kier alpha value is -1.91. The van der Waals surface area contributed by atoms with Crippen LogP contribution in [0.3, 0.4) is 0 Å². The maximum Gasteiger partial charge on any atom is 0.189 e. The Kier molecular flexibility index (Phi) is 5.52. The molecule has 2 rings (SSSR count). The Morgan fingerprint density at radius 2 is 2.05 bits per heavy atom. The lowest BCUT2D eigenvalue weighted by Crippen LogP contribution is -2.33. The molecule has 0 spiro atoms. The zero-order valence-corrected chi connectivity index (χ0v) is 13.6. The van der Waals surface area contributed by atoms with Crippen LogP contribution in [-0.4, -0.2) is 11.1 Å². The molecule has 0 bridgehead atoms. The van der Waals surface area contributed by atoms with Crippen molar-refractivity contribution in [3.8, 4) is 5.75 Å². The monoisotopic (exact) mass is 337 g/mol. The van der Waals surface area contributed by atoms with Crippen LogP contribution in [0.2, 0.25) is 10.0 Å². The van der Waals surface area contributed by atoms with Crippen molar-refractivity contribution in [2.24, 2.45) is 10.7 Å². The molecule has 0 amide bonds. The Labute approximate surface area is 139 Å². The van der Waals surface area contributed by atoms with Gasteiger partial charge in [-0.3, -0.25) is 0 Å². The largest absolute Gasteiger partial charge is 0.508 e. The van der Waals surface area contributed by atoms with Gasteiger partial charge in [0, 0.05) is 10.0 Å². The van der Waals surface area contributed by atoms with E-state index >= 15 is 0 Å². The molecular formula is C16H17Cl2N3O. The smallest absolute Gasteiger partial charge is 0.189 e. The predicted octanol–water partition coefficient (Wildman–Crippen LogP) is 3.86. The number of nitrogens with two attached hydrogens (primary N) is 1. The van der Waals surface area contributed by atoms with Gasteiger partial charge in [-0.15, -0.1) is 0 Å². The fraction of sp³-hybridized carbons (Fsp3) is 0.188. The fourth-order valence-corrected chi connectivity index (χ4v) is 2.60. The summed E-state index contributed by atoms with van der Waals surface area (Å²) in [7, 11) is 0. The van der Waals surface area contributed by atoms with E-state index < -0.39 is 0 Å². The van der Waals surface area contributed by atoms with Crippen LogP contribution in [0.15, 0.2) is 47.5 Å². The van der Waals surface area contributed by atoms with E-state index in [1.54, 1.807) is 30.3 Å². The molecule has 0 saturated carbocycles. The topological polar surface area (TPSA) is 70.6 Å². The molecule has 2 aromatic rings. The van der Waals surface area contributed by atoms with Crippen molar-refractivity contribution in [2.45, 2.75) is 19.5 Å². The number of hydrogen-bond donors (Lipinski definition) is 3. The molecule has 0 aliphatic carbocycles. The predicted molar refractivity (Wildman–Crippen MR) is 91.4 cm³/mol. The minimum atomic E-state index is -0.0994. The molecule has 0 saturated heterocycles. The SMILES string of the molecule is CC(NC(N)=NCc1cccc(O)c1)c1ccc(Cl)cc1Cl. The molecule has 4 nitrogen and oxygen atoms in total. The van der Waals surface area contributed by atoms with Crippen LogP contribution in [-0.2, 0) is 6.54 Å². The maximum atomic E-state index is 9.40. The molecule has 6 heteroatoms. The fourth-order valence-electron chi connectivity index (χ4n) is 2.03. The van der Waals surface area contributed by atoms with Crippen LogP contribution in [0, 0.1) is 0 Å². The van der Waals surface area contributed by atoms with Crippen molar-refractivity contribution in [1.29, 1.82) is 0 Å². The average molecular weight is 338 g/mol. The van der Waals surface area contributed by atoms with Gasteiger partial charge in [-0.2, -0.15) is 0 Å². The normalized spacial score (nSPS) is 13.0. The lowest BCUT2D eigenvalue weighted by Gasteiger charge is -2.16. The summed E-state index contributed by atoms with van der Waals surface area (Å²) >= 11 is 12.0. The van der Waals surface area contributed by atoms with Crippen molar-refractivity contribution in [3.63, 3.8) is 0 Å². The third-order valence-corrected chi connectivity index (χ3v) is 3.70. The van der Waals surface area contributed by atoms with E-state index in [1.807, 2.05) is 19.1 Å². The molecule has 1 atom stereocenters. The number of guanidine groups is 1. The molecule has 0 radical (unpaired) electrons. The van der Waals surface area contributed by atoms with Gasteiger partial charge in [-0.05, 0) is 42.3 Å². The molecule has 1 unspecified atom stereocenters. The van der Waals surface area contributed by atoms with E-state index in [2.05, 4.69) is 10.3 Å². The second-order valence-corrected chi connectivity index (χ2v) is 5.75. The van der Waals surface area contributed by atoms with Crippen molar-refractivity contribution < 1.29 is 5.11 Å². The standard InChI is InChI=1S/C16H17Cl2N3O/c1-10(14-6-5-12(17)8-15(14)18)21-16(19)20-9-11-3-2-4-13(22)7-11/h2-8,10,22H,9H2,1H3,(H3,19,20,21). The summed E-state index contributed by atoms with van der Waals surface area (Å²) in [6.07, 6.45) is 0. The van der Waals surface area contributed by atoms with Crippen LogP contribution in [0.4, 0.5) is 0 Å². The van der Waals surface area contributed by atoms with E-state index in [4.69, 9.17) is 28.9 Å². The number of aromatic hydroxyl groups is 1. The summed E-state index contributed by atoms with van der Waals surface area (Å²) in [5.41, 5.74) is 7.65. The minimum Gasteiger partial charge on any atom is -0.508 e. The number of hydrogen-bond acceptors (Lipinski definition) is 2. The van der Waals surface area contributed by atoms with E-state index in [1.165, 1.54) is 0 Å². The van der Waals surface area contributed by atoms with Crippen LogP contribution >= 0.6 is 23.2 Å². The molecule has 116 valence electrons. The second kappa shape index (κ2) is 7.38. The van der Waals surface area contributed by atoms with Gasteiger partial charge in [0.25, 0.3) is 0 Å². The van der Waals surface area contributed by atoms with Gasteiger partial charge in [-0.1, -0.05) is 41.4 Å². The molecule has 0 aliphatic rings. The highest BCUT2D eigenvalue weighted by Gasteiger charge is 2.10. The summed E-state index contributed by atoms with van der Waals surface area (Å²) in [6, 6.07) is 12.1. The molecule has 0 aromatic heterocycles. The first-order chi connectivity index (χ1) is 10.5. The van der Waals surface area contributed by atoms with Crippen LogP contribution in [0.1, 0.15) is 24.1 Å². The Bertz CT molecular complexity index is 689. The van der Waals surface area contributed by atoms with Crippen molar-refractivity contribution in [3.05, 3.63) is 63.6 Å². The first kappa shape index (κ1) is 16.5. The summed E-state index contributed by atoms with van der Waals surface area (Å²) in [6.45, 7) is 2.32. The summed E-state index contributed by atoms with van der Waals surface area (Å²) in [5.74, 6) is 0.516. The number of halogens is 2. The molecule has 22 heavy (non-hydrogen) atoms. The van der Waals surface area contributed by atoms with Gasteiger partial charge < -0.3 is 16.2 Å². The molecule has 2 aromatic carbocycles. The zero-order valence-electron chi connectivity index (χ0n) is 12.1. The van der Waals surface area contributed by atoms with Crippen molar-refractivity contribution >= 4 is 29.2 Å². The lowest BCUT2D eigenvalue weighted by molar-refractivity contribution is 0.474. The van der Waals surface area contributed by atoms with E-state index in [9.17, 15) is 5.11 Å². The van der Waals surface area contributed by atoms with E-state index in [0.717, 1.165) is 11.1 Å². The molecular weight excluding hydrogens is 321 g/mol. The Morgan fingerprint density at radius 3 is 2.73 bits per heavy atom. The minimum absolute atomic E-state index is 0.0994. The molecule has 0 heterocycles. The zero-order chi connectivity index (χ0) is 16.1. The summed E-state index contributed by atoms with van der Waals surface area (Å²) < 4.78 is 0. The number of nitrogens with one attached hydrogen (secondary N) is 1. The Morgan fingerprint density at radius 1 is 1.27 bits per heavy atom. The summed E-state index contributed by atoms with van der Waals surface area (Å²) in [5, 5.41) is 13.7. The number of nitrogens with zero attached hydrogens (tertiary/aromatic N) is 1. The highest BCUT2D eigenvalue weighted by molar-refractivity contribution is 6.35. The highest BCUT2D eigenvalue weighted by atomic mass is 35.5. The van der Waals surface area contributed by atoms with Crippen molar-refractivity contribution in [2.75, 3.05) is 0 Å². The summed E-state index contributed by atoms with van der Waals surface area (Å²) in [4.78, 5) is 4.25. The van der Waals surface area contributed by atoms with Crippen LogP contribution in [0.25, 0.3) is 0 Å².